The summed E-state index contributed by atoms with van der Waals surface area (Å²) in [6.07, 6.45) is 60.8. The summed E-state index contributed by atoms with van der Waals surface area (Å²) in [4.78, 5) is 16.3. The first-order valence-corrected chi connectivity index (χ1v) is 39.4. The van der Waals surface area contributed by atoms with Gasteiger partial charge in [-0.25, -0.2) is 0 Å². The van der Waals surface area contributed by atoms with Crippen LogP contribution in [0.25, 0.3) is 76.5 Å². The fraction of sp³-hybridized carbons (Fsp3) is 0.676. The van der Waals surface area contributed by atoms with Crippen LogP contribution in [0.3, 0.4) is 0 Å². The summed E-state index contributed by atoms with van der Waals surface area (Å²) in [5.41, 5.74) is 10.1. The van der Waals surface area contributed by atoms with Crippen LogP contribution in [0, 0.1) is 11.8 Å². The van der Waals surface area contributed by atoms with Crippen molar-refractivity contribution in [3.05, 3.63) is 56.4 Å². The van der Waals surface area contributed by atoms with Crippen LogP contribution in [0.2, 0.25) is 0 Å². The number of rotatable bonds is 50. The summed E-state index contributed by atoms with van der Waals surface area (Å²) < 4.78 is 2.12. The Kier molecular flexibility index (Phi) is 32.6. The van der Waals surface area contributed by atoms with E-state index in [-0.39, 0.29) is 0 Å². The normalized spacial score (nSPS) is 12.1. The molecule has 0 atom stereocenters. The van der Waals surface area contributed by atoms with Gasteiger partial charge in [0.2, 0.25) is 0 Å². The van der Waals surface area contributed by atoms with Gasteiger partial charge < -0.3 is 0 Å². The molecule has 7 aromatic heterocycles. The molecule has 0 amide bonds. The second kappa shape index (κ2) is 40.9. The number of hydrogen-bond acceptors (Lipinski definition) is 10. The highest BCUT2D eigenvalue weighted by atomic mass is 79.9. The minimum absolute atomic E-state index is 0.742. The van der Waals surface area contributed by atoms with E-state index in [0.29, 0.717) is 0 Å². The van der Waals surface area contributed by atoms with E-state index in [1.54, 1.807) is 22.7 Å². The van der Waals surface area contributed by atoms with Crippen LogP contribution in [0.4, 0.5) is 0 Å². The van der Waals surface area contributed by atoms with Crippen LogP contribution in [-0.2, 0) is 13.1 Å². The smallest absolute Gasteiger partial charge is 0.140 e. The summed E-state index contributed by atoms with van der Waals surface area (Å²) in [6.45, 7) is 10.8. The lowest BCUT2D eigenvalue weighted by Crippen LogP contribution is -2.05. The van der Waals surface area contributed by atoms with Gasteiger partial charge >= 0.3 is 0 Å². The van der Waals surface area contributed by atoms with Crippen molar-refractivity contribution in [1.29, 1.82) is 0 Å². The standard InChI is InChI=1S/C74H111Br2N11S2/c1-5-9-13-17-21-25-29-33-41-57(42-34-30-26-22-18-14-10-6-2)45-37-39-53-86-81-69-61(55-77-71(73(69)83-86)63-49-51-65(75)88-63)59-47-48-60(68-67(59)79-85-80-68)62-56-78-72(64-50-52-66(76)89-64)74-70(62)82-87(84-74)54-40-38-46-58(43-35-31-27-23-19-15-11-7-3)44-36-32-28-24-20-16-12-8-4/h47-52,55-58H,5-46,53-54H2,1-4H3,(H,79,80,85). The average Bonchev–Trinajstić information content (AvgIpc) is 1.73. The van der Waals surface area contributed by atoms with Crippen LogP contribution < -0.4 is 0 Å². The van der Waals surface area contributed by atoms with Gasteiger partial charge in [-0.15, -0.1) is 27.8 Å². The number of hydrogen-bond donors (Lipinski definition) is 1. The molecular weight excluding hydrogens is 1270 g/mol. The summed E-state index contributed by atoms with van der Waals surface area (Å²) >= 11 is 10.8. The molecule has 488 valence electrons. The molecule has 8 aromatic rings. The van der Waals surface area contributed by atoms with Crippen LogP contribution in [-0.4, -0.2) is 55.4 Å². The zero-order chi connectivity index (χ0) is 62.1. The van der Waals surface area contributed by atoms with Gasteiger partial charge in [0, 0.05) is 34.6 Å². The lowest BCUT2D eigenvalue weighted by Gasteiger charge is -2.17. The molecule has 0 spiro atoms. The Morgan fingerprint density at radius 3 is 1.04 bits per heavy atom. The second-order valence-electron chi connectivity index (χ2n) is 26.2. The number of fused-ring (bicyclic) bond motifs is 3. The van der Waals surface area contributed by atoms with E-state index >= 15 is 0 Å². The monoisotopic (exact) mass is 1380 g/mol. The molecule has 89 heavy (non-hydrogen) atoms. The topological polar surface area (TPSA) is 129 Å². The minimum atomic E-state index is 0.742. The molecule has 0 unspecified atom stereocenters. The van der Waals surface area contributed by atoms with Crippen LogP contribution in [0.1, 0.15) is 297 Å². The molecular formula is C74H111Br2N11S2. The van der Waals surface area contributed by atoms with Gasteiger partial charge in [-0.2, -0.15) is 30.0 Å². The highest BCUT2D eigenvalue weighted by molar-refractivity contribution is 9.11. The van der Waals surface area contributed by atoms with Crippen molar-refractivity contribution in [1.82, 2.24) is 55.4 Å². The van der Waals surface area contributed by atoms with E-state index in [1.807, 2.05) is 22.0 Å². The summed E-state index contributed by atoms with van der Waals surface area (Å²) in [5, 5.41) is 33.7. The molecule has 0 saturated carbocycles. The Hall–Kier alpha value is -3.92. The highest BCUT2D eigenvalue weighted by Crippen LogP contribution is 2.42. The molecule has 1 aromatic carbocycles. The lowest BCUT2D eigenvalue weighted by atomic mass is 9.90. The van der Waals surface area contributed by atoms with Gasteiger partial charge in [-0.3, -0.25) is 15.1 Å². The lowest BCUT2D eigenvalue weighted by molar-refractivity contribution is 0.359. The highest BCUT2D eigenvalue weighted by Gasteiger charge is 2.25. The largest absolute Gasteiger partial charge is 0.257 e. The first-order valence-electron chi connectivity index (χ1n) is 36.2. The van der Waals surface area contributed by atoms with Gasteiger partial charge in [0.15, 0.2) is 0 Å². The number of aromatic amines is 1. The van der Waals surface area contributed by atoms with Gasteiger partial charge in [0.05, 0.1) is 35.9 Å². The van der Waals surface area contributed by atoms with Crippen molar-refractivity contribution in [3.63, 3.8) is 0 Å². The van der Waals surface area contributed by atoms with Crippen molar-refractivity contribution in [2.75, 3.05) is 0 Å². The number of nitrogens with one attached hydrogen (secondary N) is 1. The zero-order valence-electron chi connectivity index (χ0n) is 55.4. The minimum Gasteiger partial charge on any atom is -0.257 e. The number of aryl methyl sites for hydroxylation is 2. The SMILES string of the molecule is CCCCCCCCCCC(CCCCCCCCCC)CCCCn1nc2c(-c3ccc(-c4cnc(-c5ccc(Br)s5)c5nn(CCCCC(CCCCCCCCCC)CCCCCCCCCC)nc45)c4[nH]nnc34)cnc(-c3ccc(Br)s3)c2n1. The van der Waals surface area contributed by atoms with Crippen molar-refractivity contribution in [3.8, 4) is 43.4 Å². The van der Waals surface area contributed by atoms with Crippen LogP contribution in [0.15, 0.2) is 56.4 Å². The molecule has 1 N–H and O–H groups in total. The van der Waals surface area contributed by atoms with Gasteiger partial charge in [-0.1, -0.05) is 302 Å². The molecule has 0 fully saturated rings. The number of H-pyrrole nitrogens is 1. The molecule has 11 nitrogen and oxygen atoms in total. The third kappa shape index (κ3) is 23.0. The number of aromatic nitrogens is 11. The van der Waals surface area contributed by atoms with E-state index in [4.69, 9.17) is 35.5 Å². The number of nitrogens with zero attached hydrogens (tertiary/aromatic N) is 10. The Balaban J connectivity index is 0.973. The summed E-state index contributed by atoms with van der Waals surface area (Å²) in [6, 6.07) is 12.7. The average molecular weight is 1380 g/mol. The molecule has 0 radical (unpaired) electrons. The van der Waals surface area contributed by atoms with Crippen molar-refractivity contribution < 1.29 is 0 Å². The number of halogens is 2. The summed E-state index contributed by atoms with van der Waals surface area (Å²) in [5.74, 6) is 1.62. The van der Waals surface area contributed by atoms with Gasteiger partial charge in [0.1, 0.15) is 39.0 Å². The fourth-order valence-corrected chi connectivity index (χ4v) is 16.4. The quantitative estimate of drug-likeness (QED) is 0.0373. The molecule has 15 heteroatoms. The first kappa shape index (κ1) is 70.9. The summed E-state index contributed by atoms with van der Waals surface area (Å²) in [7, 11) is 0. The van der Waals surface area contributed by atoms with Crippen molar-refractivity contribution in [2.24, 2.45) is 11.8 Å². The molecule has 8 rings (SSSR count). The molecule has 0 saturated heterocycles. The number of thiophene rings is 2. The van der Waals surface area contributed by atoms with Crippen molar-refractivity contribution in [2.45, 2.75) is 310 Å². The van der Waals surface area contributed by atoms with E-state index in [9.17, 15) is 0 Å². The third-order valence-electron chi connectivity index (χ3n) is 18.9. The Labute approximate surface area is 561 Å². The third-order valence-corrected chi connectivity index (χ3v) is 22.2. The van der Waals surface area contributed by atoms with Crippen LogP contribution >= 0.6 is 54.5 Å². The number of unbranched alkanes of at least 4 members (excludes halogenated alkanes) is 30. The molecule has 0 aliphatic carbocycles. The molecule has 0 aliphatic heterocycles. The Bertz CT molecular complexity index is 2960. The maximum absolute atomic E-state index is 5.32. The van der Waals surface area contributed by atoms with Gasteiger partial charge in [-0.05, 0) is 80.8 Å². The second-order valence-corrected chi connectivity index (χ2v) is 31.1. The van der Waals surface area contributed by atoms with E-state index in [2.05, 4.69) is 106 Å². The van der Waals surface area contributed by atoms with E-state index in [0.717, 1.165) is 122 Å². The van der Waals surface area contributed by atoms with E-state index < -0.39 is 0 Å². The maximum atomic E-state index is 5.32. The zero-order valence-corrected chi connectivity index (χ0v) is 60.2. The van der Waals surface area contributed by atoms with Gasteiger partial charge in [0.25, 0.3) is 0 Å². The first-order chi connectivity index (χ1) is 43.9. The predicted molar refractivity (Wildman–Crippen MR) is 388 cm³/mol. The maximum Gasteiger partial charge on any atom is 0.140 e. The number of pyridine rings is 2. The Morgan fingerprint density at radius 1 is 0.360 bits per heavy atom. The fourth-order valence-electron chi connectivity index (χ4n) is 13.6. The van der Waals surface area contributed by atoms with Crippen molar-refractivity contribution >= 4 is 87.6 Å². The van der Waals surface area contributed by atoms with E-state index in [1.165, 1.54) is 257 Å². The molecule has 0 aliphatic rings. The molecule has 0 bridgehead atoms. The number of benzene rings is 1. The molecule has 7 heterocycles. The Morgan fingerprint density at radius 2 is 0.685 bits per heavy atom. The van der Waals surface area contributed by atoms with Crippen LogP contribution in [0.5, 0.6) is 0 Å². The predicted octanol–water partition coefficient (Wildman–Crippen LogP) is 25.2.